The van der Waals surface area contributed by atoms with E-state index in [-0.39, 0.29) is 5.75 Å². The van der Waals surface area contributed by atoms with Crippen LogP contribution in [0.1, 0.15) is 31.7 Å². The Morgan fingerprint density at radius 1 is 1.35 bits per heavy atom. The second-order valence-electron chi connectivity index (χ2n) is 4.56. The molecule has 0 saturated heterocycles. The maximum Gasteiger partial charge on any atom is 0.218 e. The fourth-order valence-electron chi connectivity index (χ4n) is 2.72. The van der Waals surface area contributed by atoms with Crippen molar-refractivity contribution in [1.29, 1.82) is 0 Å². The quantitative estimate of drug-likeness (QED) is 0.547. The lowest BCUT2D eigenvalue weighted by atomic mass is 10.2. The molecule has 0 bridgehead atoms. The molecule has 1 saturated carbocycles. The predicted molar refractivity (Wildman–Crippen MR) is 66.7 cm³/mol. The molecule has 3 rings (SSSR count). The molecule has 1 fully saturated rings. The summed E-state index contributed by atoms with van der Waals surface area (Å²) in [5.74, 6) is 6.47. The van der Waals surface area contributed by atoms with Gasteiger partial charge in [-0.05, 0) is 25.0 Å². The minimum Gasteiger partial charge on any atom is -0.508 e. The normalized spacial score (nSPS) is 16.8. The third kappa shape index (κ3) is 1.63. The maximum atomic E-state index is 9.59. The van der Waals surface area contributed by atoms with E-state index >= 15 is 0 Å². The first-order chi connectivity index (χ1) is 8.29. The van der Waals surface area contributed by atoms with Crippen LogP contribution in [0.15, 0.2) is 18.2 Å². The summed E-state index contributed by atoms with van der Waals surface area (Å²) in [6.45, 7) is 0. The highest BCUT2D eigenvalue weighted by atomic mass is 16.3. The van der Waals surface area contributed by atoms with E-state index in [4.69, 9.17) is 5.84 Å². The summed E-state index contributed by atoms with van der Waals surface area (Å²) >= 11 is 0. The molecule has 5 heteroatoms. The number of nitrogen functional groups attached to an aromatic ring is 1. The van der Waals surface area contributed by atoms with Crippen LogP contribution in [0.3, 0.4) is 0 Å². The zero-order valence-corrected chi connectivity index (χ0v) is 9.56. The van der Waals surface area contributed by atoms with Gasteiger partial charge in [-0.25, -0.2) is 10.8 Å². The molecule has 2 aromatic rings. The van der Waals surface area contributed by atoms with Gasteiger partial charge < -0.3 is 9.67 Å². The molecule has 4 N–H and O–H groups in total. The molecule has 1 aromatic carbocycles. The molecule has 0 aliphatic heterocycles. The van der Waals surface area contributed by atoms with Gasteiger partial charge in [-0.3, -0.25) is 5.43 Å². The van der Waals surface area contributed by atoms with Gasteiger partial charge in [0.25, 0.3) is 0 Å². The SMILES string of the molecule is NNc1nc2ccc(O)cc2n1C1CCCC1. The molecular weight excluding hydrogens is 216 g/mol. The van der Waals surface area contributed by atoms with E-state index in [1.54, 1.807) is 12.1 Å². The van der Waals surface area contributed by atoms with Crippen molar-refractivity contribution in [3.8, 4) is 5.75 Å². The Morgan fingerprint density at radius 2 is 2.12 bits per heavy atom. The van der Waals surface area contributed by atoms with Gasteiger partial charge >= 0.3 is 0 Å². The second-order valence-corrected chi connectivity index (χ2v) is 4.56. The largest absolute Gasteiger partial charge is 0.508 e. The first kappa shape index (κ1) is 10.4. The Morgan fingerprint density at radius 3 is 2.82 bits per heavy atom. The summed E-state index contributed by atoms with van der Waals surface area (Å²) < 4.78 is 2.11. The first-order valence-electron chi connectivity index (χ1n) is 5.97. The topological polar surface area (TPSA) is 76.1 Å². The fourth-order valence-corrected chi connectivity index (χ4v) is 2.72. The number of aromatic hydroxyl groups is 1. The van der Waals surface area contributed by atoms with Crippen LogP contribution in [0.5, 0.6) is 5.75 Å². The average Bonchev–Trinajstić information content (AvgIpc) is 2.93. The molecule has 0 amide bonds. The zero-order valence-electron chi connectivity index (χ0n) is 9.56. The number of fused-ring (bicyclic) bond motifs is 1. The van der Waals surface area contributed by atoms with E-state index in [0.717, 1.165) is 23.9 Å². The van der Waals surface area contributed by atoms with Gasteiger partial charge in [-0.15, -0.1) is 0 Å². The number of anilines is 1. The molecule has 1 aliphatic carbocycles. The number of rotatable bonds is 2. The summed E-state index contributed by atoms with van der Waals surface area (Å²) in [7, 11) is 0. The Bertz CT molecular complexity index is 543. The summed E-state index contributed by atoms with van der Waals surface area (Å²) in [5, 5.41) is 9.59. The van der Waals surface area contributed by atoms with Crippen molar-refractivity contribution in [2.24, 2.45) is 5.84 Å². The number of benzene rings is 1. The Labute approximate surface area is 99.2 Å². The number of hydrazine groups is 1. The van der Waals surface area contributed by atoms with E-state index in [9.17, 15) is 5.11 Å². The molecule has 1 aromatic heterocycles. The minimum absolute atomic E-state index is 0.264. The van der Waals surface area contributed by atoms with Crippen molar-refractivity contribution in [2.75, 3.05) is 5.43 Å². The van der Waals surface area contributed by atoms with Gasteiger partial charge in [-0.2, -0.15) is 0 Å². The lowest BCUT2D eigenvalue weighted by Gasteiger charge is -2.15. The van der Waals surface area contributed by atoms with Gasteiger partial charge in [-0.1, -0.05) is 12.8 Å². The fraction of sp³-hybridized carbons (Fsp3) is 0.417. The van der Waals surface area contributed by atoms with Gasteiger partial charge in [0, 0.05) is 12.1 Å². The lowest BCUT2D eigenvalue weighted by molar-refractivity contribution is 0.475. The lowest BCUT2D eigenvalue weighted by Crippen LogP contribution is -2.15. The number of nitrogens with two attached hydrogens (primary N) is 1. The van der Waals surface area contributed by atoms with Crippen molar-refractivity contribution >= 4 is 17.0 Å². The summed E-state index contributed by atoms with van der Waals surface area (Å²) in [4.78, 5) is 4.43. The highest BCUT2D eigenvalue weighted by Crippen LogP contribution is 2.35. The molecule has 0 spiro atoms. The van der Waals surface area contributed by atoms with Crippen molar-refractivity contribution in [3.05, 3.63) is 18.2 Å². The van der Waals surface area contributed by atoms with E-state index in [2.05, 4.69) is 15.0 Å². The highest BCUT2D eigenvalue weighted by Gasteiger charge is 2.22. The molecule has 1 heterocycles. The Hall–Kier alpha value is -1.75. The van der Waals surface area contributed by atoms with Gasteiger partial charge in [0.1, 0.15) is 5.75 Å². The smallest absolute Gasteiger partial charge is 0.218 e. The zero-order chi connectivity index (χ0) is 11.8. The van der Waals surface area contributed by atoms with E-state index in [1.807, 2.05) is 6.07 Å². The van der Waals surface area contributed by atoms with Crippen LogP contribution < -0.4 is 11.3 Å². The standard InChI is InChI=1S/C12H16N4O/c13-15-12-14-10-6-5-9(17)7-11(10)16(12)8-3-1-2-4-8/h5-8,17H,1-4,13H2,(H,14,15). The third-order valence-corrected chi connectivity index (χ3v) is 3.49. The monoisotopic (exact) mass is 232 g/mol. The molecule has 0 unspecified atom stereocenters. The number of aromatic nitrogens is 2. The number of phenolic OH excluding ortho intramolecular Hbond substituents is 1. The van der Waals surface area contributed by atoms with Crippen LogP contribution in [0.4, 0.5) is 5.95 Å². The second kappa shape index (κ2) is 3.92. The molecular formula is C12H16N4O. The molecule has 0 radical (unpaired) electrons. The summed E-state index contributed by atoms with van der Waals surface area (Å²) in [6.07, 6.45) is 4.78. The van der Waals surface area contributed by atoms with Crippen LogP contribution in [0.25, 0.3) is 11.0 Å². The van der Waals surface area contributed by atoms with Gasteiger partial charge in [0.2, 0.25) is 5.95 Å². The molecule has 0 atom stereocenters. The van der Waals surface area contributed by atoms with Crippen molar-refractivity contribution in [1.82, 2.24) is 9.55 Å². The van der Waals surface area contributed by atoms with Crippen LogP contribution in [0, 0.1) is 0 Å². The molecule has 1 aliphatic rings. The van der Waals surface area contributed by atoms with Crippen molar-refractivity contribution < 1.29 is 5.11 Å². The van der Waals surface area contributed by atoms with Crippen LogP contribution in [0.2, 0.25) is 0 Å². The van der Waals surface area contributed by atoms with E-state index in [0.29, 0.717) is 12.0 Å². The number of imidazole rings is 1. The molecule has 5 nitrogen and oxygen atoms in total. The number of nitrogens with one attached hydrogen (secondary N) is 1. The number of phenols is 1. The first-order valence-corrected chi connectivity index (χ1v) is 5.97. The van der Waals surface area contributed by atoms with Crippen LogP contribution >= 0.6 is 0 Å². The maximum absolute atomic E-state index is 9.59. The number of hydrogen-bond acceptors (Lipinski definition) is 4. The highest BCUT2D eigenvalue weighted by molar-refractivity contribution is 5.80. The van der Waals surface area contributed by atoms with E-state index < -0.39 is 0 Å². The van der Waals surface area contributed by atoms with Crippen LogP contribution in [-0.2, 0) is 0 Å². The molecule has 90 valence electrons. The van der Waals surface area contributed by atoms with Gasteiger partial charge in [0.05, 0.1) is 11.0 Å². The minimum atomic E-state index is 0.264. The number of nitrogens with zero attached hydrogens (tertiary/aromatic N) is 2. The van der Waals surface area contributed by atoms with E-state index in [1.165, 1.54) is 12.8 Å². The number of hydrogen-bond donors (Lipinski definition) is 3. The Kier molecular flexibility index (Phi) is 2.40. The third-order valence-electron chi connectivity index (χ3n) is 3.49. The molecule has 17 heavy (non-hydrogen) atoms. The summed E-state index contributed by atoms with van der Waals surface area (Å²) in [5.41, 5.74) is 4.46. The van der Waals surface area contributed by atoms with Crippen molar-refractivity contribution in [2.45, 2.75) is 31.7 Å². The van der Waals surface area contributed by atoms with Gasteiger partial charge in [0.15, 0.2) is 0 Å². The summed E-state index contributed by atoms with van der Waals surface area (Å²) in [6, 6.07) is 5.65. The predicted octanol–water partition coefficient (Wildman–Crippen LogP) is 2.14. The van der Waals surface area contributed by atoms with Crippen molar-refractivity contribution in [3.63, 3.8) is 0 Å². The van der Waals surface area contributed by atoms with Crippen LogP contribution in [-0.4, -0.2) is 14.7 Å². The Balaban J connectivity index is 2.20. The average molecular weight is 232 g/mol.